The van der Waals surface area contributed by atoms with Gasteiger partial charge in [0.25, 0.3) is 11.8 Å². The molecule has 1 unspecified atom stereocenters. The van der Waals surface area contributed by atoms with Crippen LogP contribution in [0.2, 0.25) is 5.02 Å². The Morgan fingerprint density at radius 1 is 1.04 bits per heavy atom. The van der Waals surface area contributed by atoms with E-state index >= 15 is 0 Å². The van der Waals surface area contributed by atoms with Crippen molar-refractivity contribution in [3.8, 4) is 0 Å². The fourth-order valence-corrected chi connectivity index (χ4v) is 3.17. The average molecular weight is 357 g/mol. The molecule has 0 radical (unpaired) electrons. The van der Waals surface area contributed by atoms with E-state index in [1.807, 2.05) is 25.1 Å². The van der Waals surface area contributed by atoms with Crippen LogP contribution in [0.1, 0.15) is 45.7 Å². The van der Waals surface area contributed by atoms with Crippen LogP contribution in [0.25, 0.3) is 0 Å². The average Bonchev–Trinajstić information content (AvgIpc) is 2.85. The first kappa shape index (κ1) is 17.2. The third kappa shape index (κ3) is 3.42. The maximum atomic E-state index is 12.3. The van der Waals surface area contributed by atoms with E-state index in [2.05, 4.69) is 5.32 Å². The van der Waals surface area contributed by atoms with Crippen molar-refractivity contribution in [2.75, 3.05) is 6.54 Å². The smallest absolute Gasteiger partial charge is 0.261 e. The first-order valence-corrected chi connectivity index (χ1v) is 8.36. The van der Waals surface area contributed by atoms with Gasteiger partial charge in [0.2, 0.25) is 5.91 Å². The third-order valence-corrected chi connectivity index (χ3v) is 4.53. The molecule has 25 heavy (non-hydrogen) atoms. The number of carbonyl (C=O) groups is 3. The highest BCUT2D eigenvalue weighted by molar-refractivity contribution is 6.31. The molecule has 0 saturated carbocycles. The number of carbonyl (C=O) groups excluding carboxylic acids is 3. The molecule has 1 atom stereocenters. The van der Waals surface area contributed by atoms with Crippen LogP contribution >= 0.6 is 11.6 Å². The van der Waals surface area contributed by atoms with Crippen molar-refractivity contribution >= 4 is 29.3 Å². The molecule has 2 aromatic carbocycles. The Bertz CT molecular complexity index is 815. The molecule has 0 aromatic heterocycles. The van der Waals surface area contributed by atoms with Crippen molar-refractivity contribution in [3.05, 3.63) is 70.2 Å². The summed E-state index contributed by atoms with van der Waals surface area (Å²) >= 11 is 6.12. The highest BCUT2D eigenvalue weighted by atomic mass is 35.5. The van der Waals surface area contributed by atoms with Crippen molar-refractivity contribution in [1.29, 1.82) is 0 Å². The molecular formula is C19H17ClN2O3. The Kier molecular flexibility index (Phi) is 4.86. The summed E-state index contributed by atoms with van der Waals surface area (Å²) in [6, 6.07) is 13.7. The highest BCUT2D eigenvalue weighted by Crippen LogP contribution is 2.23. The molecule has 5 nitrogen and oxygen atoms in total. The topological polar surface area (TPSA) is 66.5 Å². The molecule has 0 saturated heterocycles. The van der Waals surface area contributed by atoms with E-state index < -0.39 is 0 Å². The van der Waals surface area contributed by atoms with Gasteiger partial charge in [-0.2, -0.15) is 0 Å². The molecule has 0 fully saturated rings. The lowest BCUT2D eigenvalue weighted by atomic mass is 10.1. The van der Waals surface area contributed by atoms with Gasteiger partial charge < -0.3 is 5.32 Å². The van der Waals surface area contributed by atoms with Crippen LogP contribution < -0.4 is 5.32 Å². The molecule has 3 amide bonds. The molecule has 1 heterocycles. The lowest BCUT2D eigenvalue weighted by Gasteiger charge is -2.17. The summed E-state index contributed by atoms with van der Waals surface area (Å²) < 4.78 is 0. The number of hydrogen-bond acceptors (Lipinski definition) is 3. The molecule has 1 aliphatic rings. The zero-order chi connectivity index (χ0) is 18.0. The summed E-state index contributed by atoms with van der Waals surface area (Å²) in [5.74, 6) is -0.955. The number of rotatable bonds is 5. The number of hydrogen-bond donors (Lipinski definition) is 1. The number of amides is 3. The minimum atomic E-state index is -0.354. The maximum Gasteiger partial charge on any atom is 0.261 e. The number of nitrogens with one attached hydrogen (secondary N) is 1. The van der Waals surface area contributed by atoms with Crippen LogP contribution in [0.4, 0.5) is 0 Å². The molecule has 0 spiro atoms. The number of benzene rings is 2. The molecule has 1 aliphatic heterocycles. The zero-order valence-electron chi connectivity index (χ0n) is 13.7. The number of halogens is 1. The summed E-state index contributed by atoms with van der Waals surface area (Å²) in [6.07, 6.45) is 0.0419. The van der Waals surface area contributed by atoms with Crippen LogP contribution in [0.15, 0.2) is 48.5 Å². The maximum absolute atomic E-state index is 12.3. The normalized spacial score (nSPS) is 14.4. The van der Waals surface area contributed by atoms with E-state index in [0.717, 1.165) is 10.5 Å². The lowest BCUT2D eigenvalue weighted by molar-refractivity contribution is -0.121. The van der Waals surface area contributed by atoms with Crippen LogP contribution in [0, 0.1) is 0 Å². The summed E-state index contributed by atoms with van der Waals surface area (Å²) in [5.41, 5.74) is 1.59. The quantitative estimate of drug-likeness (QED) is 0.836. The van der Waals surface area contributed by atoms with Crippen LogP contribution in [-0.2, 0) is 4.79 Å². The predicted octanol–water partition coefficient (Wildman–Crippen LogP) is 3.20. The number of fused-ring (bicyclic) bond motifs is 1. The second-order valence-corrected chi connectivity index (χ2v) is 6.28. The fraction of sp³-hybridized carbons (Fsp3) is 0.211. The second-order valence-electron chi connectivity index (χ2n) is 5.87. The Labute approximate surface area is 150 Å². The van der Waals surface area contributed by atoms with Crippen molar-refractivity contribution < 1.29 is 14.4 Å². The van der Waals surface area contributed by atoms with Gasteiger partial charge >= 0.3 is 0 Å². The fourth-order valence-electron chi connectivity index (χ4n) is 2.87. The lowest BCUT2D eigenvalue weighted by Crippen LogP contribution is -2.35. The van der Waals surface area contributed by atoms with Crippen molar-refractivity contribution in [1.82, 2.24) is 10.2 Å². The van der Waals surface area contributed by atoms with Crippen molar-refractivity contribution in [2.24, 2.45) is 0 Å². The van der Waals surface area contributed by atoms with Crippen LogP contribution in [-0.4, -0.2) is 29.2 Å². The SMILES string of the molecule is CC(NC(=O)CCN1C(=O)c2ccccc2C1=O)c1ccccc1Cl. The van der Waals surface area contributed by atoms with E-state index in [9.17, 15) is 14.4 Å². The molecule has 0 bridgehead atoms. The standard InChI is InChI=1S/C19H17ClN2O3/c1-12(13-6-4-5-9-16(13)20)21-17(23)10-11-22-18(24)14-7-2-3-8-15(14)19(22)25/h2-9,12H,10-11H2,1H3,(H,21,23). The summed E-state index contributed by atoms with van der Waals surface area (Å²) in [6.45, 7) is 1.88. The summed E-state index contributed by atoms with van der Waals surface area (Å²) in [5, 5.41) is 3.42. The van der Waals surface area contributed by atoms with Crippen LogP contribution in [0.5, 0.6) is 0 Å². The van der Waals surface area contributed by atoms with Crippen LogP contribution in [0.3, 0.4) is 0 Å². The number of imide groups is 1. The van der Waals surface area contributed by atoms with Gasteiger partial charge in [0.15, 0.2) is 0 Å². The Morgan fingerprint density at radius 3 is 2.20 bits per heavy atom. The molecular weight excluding hydrogens is 340 g/mol. The molecule has 3 rings (SSSR count). The van der Waals surface area contributed by atoms with E-state index in [0.29, 0.717) is 16.1 Å². The zero-order valence-corrected chi connectivity index (χ0v) is 14.4. The highest BCUT2D eigenvalue weighted by Gasteiger charge is 2.35. The molecule has 6 heteroatoms. The number of nitrogens with zero attached hydrogens (tertiary/aromatic N) is 1. The first-order valence-electron chi connectivity index (χ1n) is 7.98. The predicted molar refractivity (Wildman–Crippen MR) is 94.4 cm³/mol. The van der Waals surface area contributed by atoms with Gasteiger partial charge in [-0.3, -0.25) is 19.3 Å². The molecule has 2 aromatic rings. The van der Waals surface area contributed by atoms with Gasteiger partial charge in [-0.1, -0.05) is 41.9 Å². The molecule has 1 N–H and O–H groups in total. The molecule has 128 valence electrons. The van der Waals surface area contributed by atoms with E-state index in [1.54, 1.807) is 30.3 Å². The van der Waals surface area contributed by atoms with Gasteiger partial charge in [-0.15, -0.1) is 0 Å². The van der Waals surface area contributed by atoms with Crippen molar-refractivity contribution in [2.45, 2.75) is 19.4 Å². The summed E-state index contributed by atoms with van der Waals surface area (Å²) in [4.78, 5) is 37.8. The second kappa shape index (κ2) is 7.07. The van der Waals surface area contributed by atoms with E-state index in [4.69, 9.17) is 11.6 Å². The third-order valence-electron chi connectivity index (χ3n) is 4.19. The van der Waals surface area contributed by atoms with Gasteiger partial charge in [-0.05, 0) is 30.7 Å². The van der Waals surface area contributed by atoms with Gasteiger partial charge in [-0.25, -0.2) is 0 Å². The largest absolute Gasteiger partial charge is 0.349 e. The Morgan fingerprint density at radius 2 is 1.60 bits per heavy atom. The first-order chi connectivity index (χ1) is 12.0. The van der Waals surface area contributed by atoms with E-state index in [1.165, 1.54) is 0 Å². The van der Waals surface area contributed by atoms with Crippen molar-refractivity contribution in [3.63, 3.8) is 0 Å². The van der Waals surface area contributed by atoms with E-state index in [-0.39, 0.29) is 36.7 Å². The molecule has 0 aliphatic carbocycles. The Balaban J connectivity index is 1.59. The monoisotopic (exact) mass is 356 g/mol. The summed E-state index contributed by atoms with van der Waals surface area (Å²) in [7, 11) is 0. The van der Waals surface area contributed by atoms with Gasteiger partial charge in [0.1, 0.15) is 0 Å². The minimum absolute atomic E-state index is 0.0419. The van der Waals surface area contributed by atoms with Gasteiger partial charge in [0, 0.05) is 18.0 Å². The van der Waals surface area contributed by atoms with Gasteiger partial charge in [0.05, 0.1) is 17.2 Å². The Hall–Kier alpha value is -2.66. The minimum Gasteiger partial charge on any atom is -0.349 e.